The van der Waals surface area contributed by atoms with E-state index < -0.39 is 6.16 Å². The number of rotatable bonds is 0. The van der Waals surface area contributed by atoms with Gasteiger partial charge in [0.2, 0.25) is 0 Å². The Bertz CT molecular complexity index is 29.9. The number of hydrogen-bond acceptors (Lipinski definition) is 1. The van der Waals surface area contributed by atoms with Gasteiger partial charge in [0.15, 0.2) is 0 Å². The van der Waals surface area contributed by atoms with Gasteiger partial charge in [0.25, 0.3) is 0 Å². The molecule has 0 saturated heterocycles. The van der Waals surface area contributed by atoms with E-state index in [0.717, 1.165) is 0 Å². The van der Waals surface area contributed by atoms with Crippen molar-refractivity contribution in [1.29, 1.82) is 0 Å². The van der Waals surface area contributed by atoms with E-state index in [4.69, 9.17) is 15.0 Å². The van der Waals surface area contributed by atoms with Crippen LogP contribution in [0, 0.1) is 46.9 Å². The zero-order chi connectivity index (χ0) is 3.58. The Morgan fingerprint density at radius 1 is 1.40 bits per heavy atom. The molecule has 38 valence electrons. The van der Waals surface area contributed by atoms with Gasteiger partial charge in [-0.15, -0.1) is 0 Å². The molecule has 0 amide bonds. The average Bonchev–Trinajstić information content (AvgIpc) is 0.811. The van der Waals surface area contributed by atoms with Crippen molar-refractivity contribution >= 4 is 6.16 Å². The summed E-state index contributed by atoms with van der Waals surface area (Å²) in [6, 6.07) is 0. The summed E-state index contributed by atoms with van der Waals surface area (Å²) in [6.45, 7) is 0. The molecular formula is CH2O3Yb. The Kier molecular flexibility index (Phi) is 8.86. The summed E-state index contributed by atoms with van der Waals surface area (Å²) in [5.74, 6) is 0. The van der Waals surface area contributed by atoms with Gasteiger partial charge in [-0.05, 0) is 0 Å². The van der Waals surface area contributed by atoms with Crippen molar-refractivity contribution in [2.45, 2.75) is 0 Å². The predicted molar refractivity (Wildman–Crippen MR) is 10.7 cm³/mol. The first kappa shape index (κ1) is 9.25. The van der Waals surface area contributed by atoms with Crippen LogP contribution in [-0.2, 0) is 0 Å². The molecule has 0 aromatic carbocycles. The predicted octanol–water partition coefficient (Wildman–Crippen LogP) is 0.222. The van der Waals surface area contributed by atoms with Crippen LogP contribution in [-0.4, -0.2) is 16.4 Å². The molecule has 0 aromatic rings. The van der Waals surface area contributed by atoms with E-state index in [1.54, 1.807) is 0 Å². The van der Waals surface area contributed by atoms with Crippen LogP contribution in [0.2, 0.25) is 0 Å². The largest absolute Gasteiger partial charge is 0.503 e. The van der Waals surface area contributed by atoms with Crippen molar-refractivity contribution in [1.82, 2.24) is 0 Å². The fourth-order valence-corrected chi connectivity index (χ4v) is 0. The summed E-state index contributed by atoms with van der Waals surface area (Å²) in [4.78, 5) is 8.56. The van der Waals surface area contributed by atoms with E-state index in [-0.39, 0.29) is 46.9 Å². The molecule has 0 saturated carbocycles. The van der Waals surface area contributed by atoms with E-state index in [0.29, 0.717) is 0 Å². The topological polar surface area (TPSA) is 57.5 Å². The first-order valence-electron chi connectivity index (χ1n) is 0.651. The van der Waals surface area contributed by atoms with Gasteiger partial charge in [0.1, 0.15) is 0 Å². The maximum absolute atomic E-state index is 8.56. The van der Waals surface area contributed by atoms with Crippen LogP contribution in [0.4, 0.5) is 4.79 Å². The fraction of sp³-hybridized carbons (Fsp3) is 0. The van der Waals surface area contributed by atoms with Crippen LogP contribution in [0.25, 0.3) is 0 Å². The number of carbonyl (C=O) groups is 1. The maximum atomic E-state index is 8.56. The summed E-state index contributed by atoms with van der Waals surface area (Å²) in [5.41, 5.74) is 0. The van der Waals surface area contributed by atoms with Crippen LogP contribution in [0.15, 0.2) is 0 Å². The zero-order valence-corrected chi connectivity index (χ0v) is 3.78. The second kappa shape index (κ2) is 4.79. The van der Waals surface area contributed by atoms with Gasteiger partial charge in [0.05, 0.1) is 0 Å². The Morgan fingerprint density at radius 2 is 1.40 bits per heavy atom. The second-order valence-corrected chi connectivity index (χ2v) is 0.283. The van der Waals surface area contributed by atoms with Gasteiger partial charge in [0, 0.05) is 46.9 Å². The second-order valence-electron chi connectivity index (χ2n) is 0.283. The molecule has 0 radical (unpaired) electrons. The third-order valence-corrected chi connectivity index (χ3v) is 0. The first-order valence-corrected chi connectivity index (χ1v) is 0.651. The molecule has 0 rings (SSSR count). The molecule has 0 aliphatic carbocycles. The Balaban J connectivity index is 0. The van der Waals surface area contributed by atoms with Crippen LogP contribution >= 0.6 is 0 Å². The van der Waals surface area contributed by atoms with E-state index >= 15 is 0 Å². The summed E-state index contributed by atoms with van der Waals surface area (Å²) >= 11 is 0. The van der Waals surface area contributed by atoms with Crippen LogP contribution in [0.3, 0.4) is 0 Å². The fourth-order valence-electron chi connectivity index (χ4n) is 0. The van der Waals surface area contributed by atoms with E-state index in [1.165, 1.54) is 0 Å². The molecule has 0 spiro atoms. The minimum absolute atomic E-state index is 0. The molecule has 4 heteroatoms. The van der Waals surface area contributed by atoms with E-state index in [9.17, 15) is 0 Å². The molecule has 0 aromatic heterocycles. The van der Waals surface area contributed by atoms with Crippen LogP contribution in [0.1, 0.15) is 0 Å². The van der Waals surface area contributed by atoms with E-state index in [2.05, 4.69) is 0 Å². The van der Waals surface area contributed by atoms with Crippen molar-refractivity contribution in [2.75, 3.05) is 0 Å². The average molecular weight is 235 g/mol. The standard InChI is InChI=1S/CH2O3.Yb/c2-1(3)4;/h(H2,2,3,4);. The number of hydrogen-bond donors (Lipinski definition) is 2. The SMILES string of the molecule is O=C(O)O.[Yb]. The third-order valence-electron chi connectivity index (χ3n) is 0. The quantitative estimate of drug-likeness (QED) is 0.631. The normalized spacial score (nSPS) is 4.80. The van der Waals surface area contributed by atoms with Gasteiger partial charge in [-0.3, -0.25) is 0 Å². The maximum Gasteiger partial charge on any atom is 0.503 e. The molecule has 0 unspecified atom stereocenters. The van der Waals surface area contributed by atoms with Crippen molar-refractivity contribution in [3.8, 4) is 0 Å². The Morgan fingerprint density at radius 3 is 1.40 bits per heavy atom. The van der Waals surface area contributed by atoms with Gasteiger partial charge < -0.3 is 10.2 Å². The summed E-state index contributed by atoms with van der Waals surface area (Å²) in [5, 5.41) is 13.9. The van der Waals surface area contributed by atoms with Crippen molar-refractivity contribution in [2.24, 2.45) is 0 Å². The molecule has 0 aliphatic heterocycles. The Hall–Kier alpha value is 0.789. The Labute approximate surface area is 67.2 Å². The molecule has 3 nitrogen and oxygen atoms in total. The van der Waals surface area contributed by atoms with Gasteiger partial charge in [-0.1, -0.05) is 0 Å². The molecular weight excluding hydrogens is 233 g/mol. The van der Waals surface area contributed by atoms with Gasteiger partial charge in [-0.2, -0.15) is 0 Å². The van der Waals surface area contributed by atoms with E-state index in [1.807, 2.05) is 0 Å². The van der Waals surface area contributed by atoms with Gasteiger partial charge >= 0.3 is 6.16 Å². The molecule has 0 atom stereocenters. The third kappa shape index (κ3) is 59.8. The molecule has 0 fully saturated rings. The minimum atomic E-state index is -1.83. The summed E-state index contributed by atoms with van der Waals surface area (Å²) < 4.78 is 0. The van der Waals surface area contributed by atoms with Gasteiger partial charge in [-0.25, -0.2) is 4.79 Å². The van der Waals surface area contributed by atoms with Crippen molar-refractivity contribution < 1.29 is 61.9 Å². The summed E-state index contributed by atoms with van der Waals surface area (Å²) in [7, 11) is 0. The smallest absolute Gasteiger partial charge is 0.450 e. The minimum Gasteiger partial charge on any atom is -0.450 e. The number of carboxylic acid groups (broad SMARTS) is 2. The molecule has 0 heterocycles. The summed E-state index contributed by atoms with van der Waals surface area (Å²) in [6.07, 6.45) is -1.83. The first-order chi connectivity index (χ1) is 1.73. The van der Waals surface area contributed by atoms with Crippen LogP contribution in [0.5, 0.6) is 0 Å². The molecule has 0 bridgehead atoms. The van der Waals surface area contributed by atoms with Crippen molar-refractivity contribution in [3.05, 3.63) is 0 Å². The molecule has 0 aliphatic rings. The zero-order valence-electron chi connectivity index (χ0n) is 2.07. The molecule has 2 N–H and O–H groups in total. The molecule has 5 heavy (non-hydrogen) atoms. The monoisotopic (exact) mass is 236 g/mol. The van der Waals surface area contributed by atoms with Crippen LogP contribution < -0.4 is 0 Å². The van der Waals surface area contributed by atoms with Crippen molar-refractivity contribution in [3.63, 3.8) is 0 Å².